The maximum absolute atomic E-state index is 10.5. The number of aliphatic carboxylic acids is 1. The van der Waals surface area contributed by atoms with Gasteiger partial charge in [0.25, 0.3) is 0 Å². The molecule has 2 aromatic heterocycles. The molecule has 6 heteroatoms. The second-order valence-corrected chi connectivity index (χ2v) is 5.07. The van der Waals surface area contributed by atoms with Crippen molar-refractivity contribution in [2.75, 3.05) is 11.9 Å². The average Bonchev–Trinajstić information content (AvgIpc) is 2.85. The number of nitrogens with one attached hydrogen (secondary N) is 1. The van der Waals surface area contributed by atoms with Gasteiger partial charge in [0.15, 0.2) is 0 Å². The van der Waals surface area contributed by atoms with Gasteiger partial charge < -0.3 is 15.2 Å². The lowest BCUT2D eigenvalue weighted by atomic mass is 10.2. The Morgan fingerprint density at radius 1 is 1.47 bits per heavy atom. The van der Waals surface area contributed by atoms with E-state index in [1.54, 1.807) is 11.3 Å². The number of aromatic nitrogens is 2. The largest absolute Gasteiger partial charge is 0.548 e. The van der Waals surface area contributed by atoms with Crippen molar-refractivity contribution in [3.63, 3.8) is 0 Å². The van der Waals surface area contributed by atoms with E-state index < -0.39 is 5.97 Å². The second-order valence-electron chi connectivity index (χ2n) is 3.99. The number of carbonyl (C=O) groups excluding carboxylic acids is 1. The number of anilines is 1. The highest BCUT2D eigenvalue weighted by molar-refractivity contribution is 7.19. The Kier molecular flexibility index (Phi) is 2.44. The Morgan fingerprint density at radius 3 is 3.18 bits per heavy atom. The molecule has 2 heterocycles. The zero-order chi connectivity index (χ0) is 11.8. The molecule has 0 unspecified atom stereocenters. The monoisotopic (exact) mass is 248 g/mol. The molecular weight excluding hydrogens is 238 g/mol. The molecule has 0 atom stereocenters. The van der Waals surface area contributed by atoms with Crippen LogP contribution < -0.4 is 10.4 Å². The van der Waals surface area contributed by atoms with Gasteiger partial charge >= 0.3 is 0 Å². The molecule has 1 aliphatic carbocycles. The molecule has 0 aromatic carbocycles. The topological polar surface area (TPSA) is 77.9 Å². The normalized spacial score (nSPS) is 13.9. The molecule has 0 bridgehead atoms. The third-order valence-corrected chi connectivity index (χ3v) is 4.10. The summed E-state index contributed by atoms with van der Waals surface area (Å²) in [6, 6.07) is 0. The molecule has 5 nitrogen and oxygen atoms in total. The fourth-order valence-electron chi connectivity index (χ4n) is 2.22. The quantitative estimate of drug-likeness (QED) is 0.847. The summed E-state index contributed by atoms with van der Waals surface area (Å²) in [5.74, 6) is -0.526. The fraction of sp³-hybridized carbons (Fsp3) is 0.364. The Labute approximate surface area is 102 Å². The summed E-state index contributed by atoms with van der Waals surface area (Å²) in [5.41, 5.74) is 1.28. The van der Waals surface area contributed by atoms with Gasteiger partial charge in [-0.25, -0.2) is 9.97 Å². The number of thiophene rings is 1. The molecule has 1 N–H and O–H groups in total. The first-order chi connectivity index (χ1) is 8.25. The summed E-state index contributed by atoms with van der Waals surface area (Å²) in [6.07, 6.45) is 4.75. The molecule has 0 aliphatic heterocycles. The maximum Gasteiger partial charge on any atom is 0.138 e. The summed E-state index contributed by atoms with van der Waals surface area (Å²) in [5, 5.41) is 14.3. The predicted molar refractivity (Wildman–Crippen MR) is 62.9 cm³/mol. The number of aryl methyl sites for hydroxylation is 2. The molecule has 0 amide bonds. The van der Waals surface area contributed by atoms with Crippen LogP contribution in [0.1, 0.15) is 16.9 Å². The molecule has 0 radical (unpaired) electrons. The van der Waals surface area contributed by atoms with Crippen LogP contribution in [0.4, 0.5) is 5.82 Å². The minimum atomic E-state index is -1.14. The van der Waals surface area contributed by atoms with Crippen molar-refractivity contribution in [3.8, 4) is 0 Å². The number of carboxylic acid groups (broad SMARTS) is 1. The molecule has 0 saturated carbocycles. The standard InChI is InChI=1S/C11H11N3O2S/c15-8(16)4-12-10-9-6-2-1-3-7(6)17-11(9)14-5-13-10/h5H,1-4H2,(H,15,16)(H,12,13,14)/p-1. The van der Waals surface area contributed by atoms with Crippen molar-refractivity contribution < 1.29 is 9.90 Å². The van der Waals surface area contributed by atoms with E-state index in [-0.39, 0.29) is 6.54 Å². The van der Waals surface area contributed by atoms with Crippen LogP contribution in [0, 0.1) is 0 Å². The van der Waals surface area contributed by atoms with Crippen molar-refractivity contribution >= 4 is 33.3 Å². The van der Waals surface area contributed by atoms with Crippen LogP contribution in [0.5, 0.6) is 0 Å². The van der Waals surface area contributed by atoms with Crippen molar-refractivity contribution in [1.29, 1.82) is 0 Å². The van der Waals surface area contributed by atoms with Gasteiger partial charge in [-0.2, -0.15) is 0 Å². The van der Waals surface area contributed by atoms with E-state index in [0.29, 0.717) is 5.82 Å². The van der Waals surface area contributed by atoms with E-state index in [1.807, 2.05) is 0 Å². The lowest BCUT2D eigenvalue weighted by Crippen LogP contribution is -2.30. The number of carboxylic acids is 1. The van der Waals surface area contributed by atoms with Crippen molar-refractivity contribution in [1.82, 2.24) is 9.97 Å². The molecule has 0 fully saturated rings. The Hall–Kier alpha value is -1.69. The first kappa shape index (κ1) is 10.5. The Bertz CT molecular complexity index is 594. The number of rotatable bonds is 3. The number of carbonyl (C=O) groups is 1. The van der Waals surface area contributed by atoms with Gasteiger partial charge in [0, 0.05) is 4.88 Å². The third-order valence-electron chi connectivity index (χ3n) is 2.90. The van der Waals surface area contributed by atoms with E-state index in [1.165, 1.54) is 16.8 Å². The smallest absolute Gasteiger partial charge is 0.138 e. The second kappa shape index (κ2) is 3.96. The first-order valence-electron chi connectivity index (χ1n) is 5.44. The van der Waals surface area contributed by atoms with Crippen LogP contribution >= 0.6 is 11.3 Å². The van der Waals surface area contributed by atoms with Crippen molar-refractivity contribution in [2.24, 2.45) is 0 Å². The predicted octanol–water partition coefficient (Wildman–Crippen LogP) is 0.342. The first-order valence-corrected chi connectivity index (χ1v) is 6.26. The minimum absolute atomic E-state index is 0.225. The fourth-order valence-corrected chi connectivity index (χ4v) is 3.45. The summed E-state index contributed by atoms with van der Waals surface area (Å²) in [4.78, 5) is 21.1. The minimum Gasteiger partial charge on any atom is -0.548 e. The maximum atomic E-state index is 10.5. The number of hydrogen-bond donors (Lipinski definition) is 1. The van der Waals surface area contributed by atoms with Crippen molar-refractivity contribution in [2.45, 2.75) is 19.3 Å². The number of hydrogen-bond acceptors (Lipinski definition) is 6. The molecular formula is C11H10N3O2S-. The summed E-state index contributed by atoms with van der Waals surface area (Å²) >= 11 is 1.68. The van der Waals surface area contributed by atoms with E-state index in [2.05, 4.69) is 15.3 Å². The van der Waals surface area contributed by atoms with E-state index in [0.717, 1.165) is 29.5 Å². The Balaban J connectivity index is 2.08. The van der Waals surface area contributed by atoms with Crippen LogP contribution in [-0.2, 0) is 17.6 Å². The number of nitrogens with zero attached hydrogens (tertiary/aromatic N) is 2. The Morgan fingerprint density at radius 2 is 2.35 bits per heavy atom. The zero-order valence-electron chi connectivity index (χ0n) is 9.02. The highest BCUT2D eigenvalue weighted by Gasteiger charge is 2.20. The van der Waals surface area contributed by atoms with Crippen LogP contribution in [0.15, 0.2) is 6.33 Å². The third kappa shape index (κ3) is 1.74. The summed E-state index contributed by atoms with van der Waals surface area (Å²) in [7, 11) is 0. The summed E-state index contributed by atoms with van der Waals surface area (Å²) < 4.78 is 0. The lowest BCUT2D eigenvalue weighted by Gasteiger charge is -2.07. The zero-order valence-corrected chi connectivity index (χ0v) is 9.84. The molecule has 0 saturated heterocycles. The van der Waals surface area contributed by atoms with E-state index >= 15 is 0 Å². The summed E-state index contributed by atoms with van der Waals surface area (Å²) in [6.45, 7) is -0.225. The molecule has 3 rings (SSSR count). The average molecular weight is 248 g/mol. The van der Waals surface area contributed by atoms with Gasteiger partial charge in [-0.1, -0.05) is 0 Å². The van der Waals surface area contributed by atoms with Crippen LogP contribution in [0.25, 0.3) is 10.2 Å². The van der Waals surface area contributed by atoms with Gasteiger partial charge in [0.2, 0.25) is 0 Å². The van der Waals surface area contributed by atoms with Gasteiger partial charge in [-0.05, 0) is 24.8 Å². The molecule has 2 aromatic rings. The van der Waals surface area contributed by atoms with E-state index in [9.17, 15) is 9.90 Å². The van der Waals surface area contributed by atoms with Gasteiger partial charge in [0.1, 0.15) is 17.0 Å². The highest BCUT2D eigenvalue weighted by Crippen LogP contribution is 2.38. The SMILES string of the molecule is O=C([O-])CNc1ncnc2sc3c(c12)CCC3. The van der Waals surface area contributed by atoms with Crippen LogP contribution in [0.2, 0.25) is 0 Å². The van der Waals surface area contributed by atoms with Crippen molar-refractivity contribution in [3.05, 3.63) is 16.8 Å². The van der Waals surface area contributed by atoms with E-state index in [4.69, 9.17) is 0 Å². The molecule has 1 aliphatic rings. The van der Waals surface area contributed by atoms with Gasteiger partial charge in [-0.3, -0.25) is 0 Å². The van der Waals surface area contributed by atoms with Crippen LogP contribution in [-0.4, -0.2) is 22.5 Å². The molecule has 88 valence electrons. The van der Waals surface area contributed by atoms with Gasteiger partial charge in [0.05, 0.1) is 17.9 Å². The van der Waals surface area contributed by atoms with Crippen LogP contribution in [0.3, 0.4) is 0 Å². The highest BCUT2D eigenvalue weighted by atomic mass is 32.1. The lowest BCUT2D eigenvalue weighted by molar-refractivity contribution is -0.302. The van der Waals surface area contributed by atoms with Gasteiger partial charge in [-0.15, -0.1) is 11.3 Å². The number of fused-ring (bicyclic) bond motifs is 3. The molecule has 17 heavy (non-hydrogen) atoms. The molecule has 0 spiro atoms.